The first-order chi connectivity index (χ1) is 8.43. The summed E-state index contributed by atoms with van der Waals surface area (Å²) in [5.74, 6) is 0. The predicted molar refractivity (Wildman–Crippen MR) is 59.0 cm³/mol. The fourth-order valence-corrected chi connectivity index (χ4v) is 1.67. The van der Waals surface area contributed by atoms with Gasteiger partial charge in [-0.25, -0.2) is 4.68 Å². The molecule has 18 heavy (non-hydrogen) atoms. The van der Waals surface area contributed by atoms with Crippen LogP contribution in [0, 0.1) is 6.92 Å². The minimum absolute atomic E-state index is 0.260. The van der Waals surface area contributed by atoms with Gasteiger partial charge in [-0.3, -0.25) is 0 Å². The molecule has 2 N–H and O–H groups in total. The molecule has 0 radical (unpaired) electrons. The lowest BCUT2D eigenvalue weighted by Gasteiger charge is -2.10. The Morgan fingerprint density at radius 2 is 2.06 bits per heavy atom. The van der Waals surface area contributed by atoms with Gasteiger partial charge in [-0.15, -0.1) is 5.10 Å². The molecule has 1 heterocycles. The Kier molecular flexibility index (Phi) is 3.08. The number of aryl methyl sites for hydroxylation is 1. The second-order valence-corrected chi connectivity index (χ2v) is 3.84. The first-order valence-corrected chi connectivity index (χ1v) is 5.22. The maximum absolute atomic E-state index is 13.0. The topological polar surface area (TPSA) is 56.7 Å². The van der Waals surface area contributed by atoms with E-state index in [9.17, 15) is 13.2 Å². The first kappa shape index (κ1) is 12.6. The lowest BCUT2D eigenvalue weighted by Crippen LogP contribution is -2.16. The normalized spacial score (nSPS) is 11.8. The summed E-state index contributed by atoms with van der Waals surface area (Å²) >= 11 is 0. The number of aromatic nitrogens is 3. The van der Waals surface area contributed by atoms with Gasteiger partial charge in [0.2, 0.25) is 0 Å². The van der Waals surface area contributed by atoms with Crippen molar-refractivity contribution in [3.63, 3.8) is 0 Å². The Morgan fingerprint density at radius 1 is 1.33 bits per heavy atom. The fraction of sp³-hybridized carbons (Fsp3) is 0.273. The Labute approximate surface area is 101 Å². The molecule has 0 amide bonds. The molecule has 1 aromatic heterocycles. The predicted octanol–water partition coefficient (Wildman–Crippen LogP) is 2.05. The lowest BCUT2D eigenvalue weighted by atomic mass is 10.2. The average molecular weight is 256 g/mol. The summed E-state index contributed by atoms with van der Waals surface area (Å²) in [6.45, 7) is 1.48. The zero-order valence-corrected chi connectivity index (χ0v) is 9.57. The molecule has 0 fully saturated rings. The molecule has 4 nitrogen and oxygen atoms in total. The van der Waals surface area contributed by atoms with E-state index in [0.29, 0.717) is 5.69 Å². The van der Waals surface area contributed by atoms with Crippen molar-refractivity contribution >= 4 is 0 Å². The monoisotopic (exact) mass is 256 g/mol. The van der Waals surface area contributed by atoms with Gasteiger partial charge >= 0.3 is 6.18 Å². The van der Waals surface area contributed by atoms with Crippen molar-refractivity contribution in [2.24, 2.45) is 5.73 Å². The van der Waals surface area contributed by atoms with Crippen LogP contribution in [0.15, 0.2) is 24.3 Å². The maximum atomic E-state index is 13.0. The van der Waals surface area contributed by atoms with E-state index in [1.54, 1.807) is 25.1 Å². The van der Waals surface area contributed by atoms with Crippen LogP contribution in [0.1, 0.15) is 17.0 Å². The van der Waals surface area contributed by atoms with E-state index in [1.165, 1.54) is 6.07 Å². The third kappa shape index (κ3) is 2.21. The van der Waals surface area contributed by atoms with Gasteiger partial charge in [-0.1, -0.05) is 17.3 Å². The Bertz CT molecular complexity index is 560. The van der Waals surface area contributed by atoms with Crippen LogP contribution >= 0.6 is 0 Å². The number of hydrogen-bond acceptors (Lipinski definition) is 3. The Morgan fingerprint density at radius 3 is 2.61 bits per heavy atom. The summed E-state index contributed by atoms with van der Waals surface area (Å²) in [6.07, 6.45) is -4.54. The second-order valence-electron chi connectivity index (χ2n) is 3.84. The molecule has 2 aromatic rings. The molecular weight excluding hydrogens is 245 g/mol. The van der Waals surface area contributed by atoms with Crippen molar-refractivity contribution in [3.05, 3.63) is 41.2 Å². The SMILES string of the molecule is Cc1cccc(-n2nnc(CN)c2C(F)(F)F)c1. The molecule has 0 spiro atoms. The van der Waals surface area contributed by atoms with Crippen LogP contribution in [0.5, 0.6) is 0 Å². The lowest BCUT2D eigenvalue weighted by molar-refractivity contribution is -0.143. The van der Waals surface area contributed by atoms with Gasteiger partial charge in [-0.05, 0) is 24.6 Å². The standard InChI is InChI=1S/C11H11F3N4/c1-7-3-2-4-8(5-7)18-10(11(12,13)14)9(6-15)16-17-18/h2-5H,6,15H2,1H3. The summed E-state index contributed by atoms with van der Waals surface area (Å²) in [5, 5.41) is 7.01. The molecule has 0 aliphatic rings. The molecular formula is C11H11F3N4. The molecule has 0 unspecified atom stereocenters. The van der Waals surface area contributed by atoms with Crippen molar-refractivity contribution in [1.29, 1.82) is 0 Å². The zero-order chi connectivity index (χ0) is 13.3. The summed E-state index contributed by atoms with van der Waals surface area (Å²) in [7, 11) is 0. The molecule has 2 rings (SSSR count). The number of nitrogens with zero attached hydrogens (tertiary/aromatic N) is 3. The summed E-state index contributed by atoms with van der Waals surface area (Å²) in [5.41, 5.74) is 5.22. The van der Waals surface area contributed by atoms with Crippen molar-refractivity contribution in [3.8, 4) is 5.69 Å². The largest absolute Gasteiger partial charge is 0.435 e. The number of hydrogen-bond donors (Lipinski definition) is 1. The van der Waals surface area contributed by atoms with E-state index < -0.39 is 11.9 Å². The molecule has 0 aliphatic heterocycles. The van der Waals surface area contributed by atoms with Gasteiger partial charge < -0.3 is 5.73 Å². The van der Waals surface area contributed by atoms with Crippen molar-refractivity contribution in [2.45, 2.75) is 19.6 Å². The highest BCUT2D eigenvalue weighted by atomic mass is 19.4. The summed E-state index contributed by atoms with van der Waals surface area (Å²) < 4.78 is 39.7. The molecule has 0 aliphatic carbocycles. The second kappa shape index (κ2) is 4.41. The fourth-order valence-electron chi connectivity index (χ4n) is 1.67. The highest BCUT2D eigenvalue weighted by Crippen LogP contribution is 2.32. The van der Waals surface area contributed by atoms with E-state index in [4.69, 9.17) is 5.73 Å². The zero-order valence-electron chi connectivity index (χ0n) is 9.57. The molecule has 0 atom stereocenters. The van der Waals surface area contributed by atoms with Gasteiger partial charge in [-0.2, -0.15) is 13.2 Å². The van der Waals surface area contributed by atoms with Gasteiger partial charge in [0.25, 0.3) is 0 Å². The quantitative estimate of drug-likeness (QED) is 0.894. The van der Waals surface area contributed by atoms with E-state index in [1.807, 2.05) is 0 Å². The van der Waals surface area contributed by atoms with E-state index in [2.05, 4.69) is 10.3 Å². The number of halogens is 3. The van der Waals surface area contributed by atoms with Gasteiger partial charge in [0, 0.05) is 6.54 Å². The minimum Gasteiger partial charge on any atom is -0.325 e. The number of benzene rings is 1. The van der Waals surface area contributed by atoms with Gasteiger partial charge in [0.05, 0.1) is 5.69 Å². The van der Waals surface area contributed by atoms with Crippen molar-refractivity contribution < 1.29 is 13.2 Å². The first-order valence-electron chi connectivity index (χ1n) is 5.22. The third-order valence-electron chi connectivity index (χ3n) is 2.45. The van der Waals surface area contributed by atoms with E-state index in [0.717, 1.165) is 10.2 Å². The maximum Gasteiger partial charge on any atom is 0.435 e. The smallest absolute Gasteiger partial charge is 0.325 e. The highest BCUT2D eigenvalue weighted by Gasteiger charge is 2.39. The summed E-state index contributed by atoms with van der Waals surface area (Å²) in [4.78, 5) is 0. The molecule has 1 aromatic carbocycles. The van der Waals surface area contributed by atoms with Crippen molar-refractivity contribution in [2.75, 3.05) is 0 Å². The molecule has 96 valence electrons. The highest BCUT2D eigenvalue weighted by molar-refractivity contribution is 5.37. The third-order valence-corrected chi connectivity index (χ3v) is 2.45. The molecule has 0 saturated carbocycles. The minimum atomic E-state index is -4.54. The van der Waals surface area contributed by atoms with Crippen LogP contribution in [-0.4, -0.2) is 15.0 Å². The number of alkyl halides is 3. The van der Waals surface area contributed by atoms with Crippen molar-refractivity contribution in [1.82, 2.24) is 15.0 Å². The van der Waals surface area contributed by atoms with Gasteiger partial charge in [0.1, 0.15) is 5.69 Å². The Hall–Kier alpha value is -1.89. The van der Waals surface area contributed by atoms with Crippen LogP contribution in [0.4, 0.5) is 13.2 Å². The molecule has 0 saturated heterocycles. The van der Waals surface area contributed by atoms with Crippen LogP contribution in [0.3, 0.4) is 0 Å². The Balaban J connectivity index is 2.62. The molecule has 7 heteroatoms. The van der Waals surface area contributed by atoms with Crippen LogP contribution in [0.2, 0.25) is 0 Å². The number of rotatable bonds is 2. The van der Waals surface area contributed by atoms with Crippen LogP contribution in [-0.2, 0) is 12.7 Å². The van der Waals surface area contributed by atoms with Crippen LogP contribution < -0.4 is 5.73 Å². The average Bonchev–Trinajstić information content (AvgIpc) is 2.72. The van der Waals surface area contributed by atoms with Crippen LogP contribution in [0.25, 0.3) is 5.69 Å². The van der Waals surface area contributed by atoms with Gasteiger partial charge in [0.15, 0.2) is 5.69 Å². The summed E-state index contributed by atoms with van der Waals surface area (Å²) in [6, 6.07) is 6.59. The van der Waals surface area contributed by atoms with E-state index in [-0.39, 0.29) is 12.2 Å². The van der Waals surface area contributed by atoms with E-state index >= 15 is 0 Å². The number of nitrogens with two attached hydrogens (primary N) is 1. The molecule has 0 bridgehead atoms.